The highest BCUT2D eigenvalue weighted by Gasteiger charge is 2.20. The second-order valence-corrected chi connectivity index (χ2v) is 5.65. The zero-order chi connectivity index (χ0) is 13.0. The molecule has 2 rings (SSSR count). The summed E-state index contributed by atoms with van der Waals surface area (Å²) in [5.41, 5.74) is 1.99. The Balaban J connectivity index is 1.85. The highest BCUT2D eigenvalue weighted by atomic mass is 16.3. The van der Waals surface area contributed by atoms with Gasteiger partial charge in [-0.2, -0.15) is 0 Å². The minimum atomic E-state index is 0.389. The first-order valence-electron chi connectivity index (χ1n) is 7.25. The second-order valence-electron chi connectivity index (χ2n) is 5.65. The van der Waals surface area contributed by atoms with E-state index < -0.39 is 0 Å². The fraction of sp³-hybridized carbons (Fsp3) is 0.625. The molecule has 0 atom stereocenters. The van der Waals surface area contributed by atoms with Gasteiger partial charge in [-0.05, 0) is 50.2 Å². The Morgan fingerprint density at radius 1 is 1.22 bits per heavy atom. The van der Waals surface area contributed by atoms with E-state index in [2.05, 4.69) is 18.3 Å². The van der Waals surface area contributed by atoms with Gasteiger partial charge in [0.25, 0.3) is 0 Å². The van der Waals surface area contributed by atoms with E-state index in [1.165, 1.54) is 38.5 Å². The van der Waals surface area contributed by atoms with Gasteiger partial charge < -0.3 is 10.4 Å². The van der Waals surface area contributed by atoms with Gasteiger partial charge in [0.15, 0.2) is 0 Å². The quantitative estimate of drug-likeness (QED) is 0.822. The minimum Gasteiger partial charge on any atom is -0.508 e. The normalized spacial score (nSPS) is 23.9. The summed E-state index contributed by atoms with van der Waals surface area (Å²) >= 11 is 0. The number of hydrogen-bond donors (Lipinski definition) is 2. The third-order valence-electron chi connectivity index (χ3n) is 4.12. The Bertz CT molecular complexity index is 381. The van der Waals surface area contributed by atoms with Crippen LogP contribution in [-0.2, 0) is 0 Å². The van der Waals surface area contributed by atoms with Crippen LogP contribution in [0.15, 0.2) is 18.2 Å². The van der Waals surface area contributed by atoms with Crippen molar-refractivity contribution in [3.63, 3.8) is 0 Å². The molecule has 1 aliphatic rings. The van der Waals surface area contributed by atoms with Gasteiger partial charge in [0, 0.05) is 17.8 Å². The molecule has 1 saturated carbocycles. The molecule has 0 unspecified atom stereocenters. The maximum absolute atomic E-state index is 9.70. The largest absolute Gasteiger partial charge is 0.508 e. The average molecular weight is 247 g/mol. The van der Waals surface area contributed by atoms with Crippen molar-refractivity contribution in [3.05, 3.63) is 23.8 Å². The molecule has 2 nitrogen and oxygen atoms in total. The van der Waals surface area contributed by atoms with Crippen molar-refractivity contribution >= 4 is 5.69 Å². The molecule has 0 amide bonds. The monoisotopic (exact) mass is 247 g/mol. The minimum absolute atomic E-state index is 0.389. The van der Waals surface area contributed by atoms with Crippen LogP contribution >= 0.6 is 0 Å². The molecule has 0 bridgehead atoms. The van der Waals surface area contributed by atoms with Crippen molar-refractivity contribution < 1.29 is 5.11 Å². The van der Waals surface area contributed by atoms with Gasteiger partial charge in [0.2, 0.25) is 0 Å². The molecular formula is C16H25NO. The number of benzene rings is 1. The maximum Gasteiger partial charge on any atom is 0.120 e. The van der Waals surface area contributed by atoms with E-state index in [1.807, 2.05) is 19.1 Å². The Morgan fingerprint density at radius 2 is 1.94 bits per heavy atom. The molecule has 1 aromatic rings. The molecule has 0 spiro atoms. The highest BCUT2D eigenvalue weighted by Crippen LogP contribution is 2.30. The molecule has 2 heteroatoms. The van der Waals surface area contributed by atoms with Crippen LogP contribution in [0, 0.1) is 12.8 Å². The van der Waals surface area contributed by atoms with Crippen LogP contribution in [0.2, 0.25) is 0 Å². The molecule has 0 saturated heterocycles. The lowest BCUT2D eigenvalue weighted by molar-refractivity contribution is 0.319. The number of aromatic hydroxyl groups is 1. The first-order valence-corrected chi connectivity index (χ1v) is 7.25. The van der Waals surface area contributed by atoms with Crippen LogP contribution in [0.4, 0.5) is 5.69 Å². The summed E-state index contributed by atoms with van der Waals surface area (Å²) in [5, 5.41) is 13.3. The topological polar surface area (TPSA) is 32.3 Å². The lowest BCUT2D eigenvalue weighted by atomic mass is 9.83. The standard InChI is InChI=1S/C16H25NO/c1-3-4-13-6-9-14(10-7-13)17-15-8-5-12(2)16(18)11-15/h5,8,11,13-14,17-18H,3-4,6-7,9-10H2,1-2H3. The van der Waals surface area contributed by atoms with Crippen LogP contribution in [0.25, 0.3) is 0 Å². The van der Waals surface area contributed by atoms with Crippen LogP contribution in [0.3, 0.4) is 0 Å². The van der Waals surface area contributed by atoms with Gasteiger partial charge in [-0.25, -0.2) is 0 Å². The predicted octanol–water partition coefficient (Wildman–Crippen LogP) is 4.47. The Morgan fingerprint density at radius 3 is 2.56 bits per heavy atom. The summed E-state index contributed by atoms with van der Waals surface area (Å²) < 4.78 is 0. The number of aryl methyl sites for hydroxylation is 1. The van der Waals surface area contributed by atoms with Gasteiger partial charge >= 0.3 is 0 Å². The van der Waals surface area contributed by atoms with Crippen LogP contribution in [0.5, 0.6) is 5.75 Å². The van der Waals surface area contributed by atoms with Gasteiger partial charge in [-0.1, -0.05) is 25.8 Å². The van der Waals surface area contributed by atoms with Crippen LogP contribution in [0.1, 0.15) is 51.0 Å². The molecule has 2 N–H and O–H groups in total. The molecule has 0 aliphatic heterocycles. The Kier molecular flexibility index (Phi) is 4.51. The van der Waals surface area contributed by atoms with Crippen molar-refractivity contribution in [1.82, 2.24) is 0 Å². The molecule has 0 radical (unpaired) electrons. The number of phenolic OH excluding ortho intramolecular Hbond substituents is 1. The fourth-order valence-corrected chi connectivity index (χ4v) is 2.94. The van der Waals surface area contributed by atoms with Crippen molar-refractivity contribution in [3.8, 4) is 5.75 Å². The summed E-state index contributed by atoms with van der Waals surface area (Å²) in [6.45, 7) is 4.20. The number of anilines is 1. The highest BCUT2D eigenvalue weighted by molar-refractivity contribution is 5.51. The first kappa shape index (κ1) is 13.3. The van der Waals surface area contributed by atoms with E-state index in [0.717, 1.165) is 17.2 Å². The third kappa shape index (κ3) is 3.41. The summed E-state index contributed by atoms with van der Waals surface area (Å²) in [6, 6.07) is 6.46. The van der Waals surface area contributed by atoms with E-state index in [-0.39, 0.29) is 0 Å². The molecule has 100 valence electrons. The van der Waals surface area contributed by atoms with E-state index >= 15 is 0 Å². The van der Waals surface area contributed by atoms with Gasteiger partial charge in [-0.3, -0.25) is 0 Å². The number of hydrogen-bond acceptors (Lipinski definition) is 2. The molecule has 1 aromatic carbocycles. The van der Waals surface area contributed by atoms with Crippen LogP contribution < -0.4 is 5.32 Å². The SMILES string of the molecule is CCCC1CCC(Nc2ccc(C)c(O)c2)CC1. The van der Waals surface area contributed by atoms with Crippen molar-refractivity contribution in [1.29, 1.82) is 0 Å². The zero-order valence-corrected chi connectivity index (χ0v) is 11.6. The maximum atomic E-state index is 9.70. The second kappa shape index (κ2) is 6.12. The molecular weight excluding hydrogens is 222 g/mol. The summed E-state index contributed by atoms with van der Waals surface area (Å²) in [5.74, 6) is 1.33. The van der Waals surface area contributed by atoms with Crippen molar-refractivity contribution in [2.75, 3.05) is 5.32 Å². The molecule has 1 aliphatic carbocycles. The number of rotatable bonds is 4. The molecule has 0 aromatic heterocycles. The third-order valence-corrected chi connectivity index (χ3v) is 4.12. The molecule has 1 fully saturated rings. The summed E-state index contributed by atoms with van der Waals surface area (Å²) in [4.78, 5) is 0. The van der Waals surface area contributed by atoms with Crippen molar-refractivity contribution in [2.24, 2.45) is 5.92 Å². The van der Waals surface area contributed by atoms with E-state index in [9.17, 15) is 5.11 Å². The van der Waals surface area contributed by atoms with Gasteiger partial charge in [0.05, 0.1) is 0 Å². The molecule has 0 heterocycles. The predicted molar refractivity (Wildman–Crippen MR) is 77.1 cm³/mol. The first-order chi connectivity index (χ1) is 8.69. The summed E-state index contributed by atoms with van der Waals surface area (Å²) in [6.07, 6.45) is 7.93. The van der Waals surface area contributed by atoms with E-state index in [4.69, 9.17) is 0 Å². The zero-order valence-electron chi connectivity index (χ0n) is 11.6. The average Bonchev–Trinajstić information content (AvgIpc) is 2.37. The van der Waals surface area contributed by atoms with Gasteiger partial charge in [-0.15, -0.1) is 0 Å². The van der Waals surface area contributed by atoms with Crippen molar-refractivity contribution in [2.45, 2.75) is 58.4 Å². The van der Waals surface area contributed by atoms with Gasteiger partial charge in [0.1, 0.15) is 5.75 Å². The van der Waals surface area contributed by atoms with E-state index in [1.54, 1.807) is 0 Å². The van der Waals surface area contributed by atoms with Crippen LogP contribution in [-0.4, -0.2) is 11.1 Å². The number of phenols is 1. The summed E-state index contributed by atoms with van der Waals surface area (Å²) in [7, 11) is 0. The number of nitrogens with one attached hydrogen (secondary N) is 1. The Labute approximate surface area is 110 Å². The lowest BCUT2D eigenvalue weighted by Gasteiger charge is -2.29. The van der Waals surface area contributed by atoms with E-state index in [0.29, 0.717) is 11.8 Å². The Hall–Kier alpha value is -1.18. The smallest absolute Gasteiger partial charge is 0.120 e. The molecule has 18 heavy (non-hydrogen) atoms. The lowest BCUT2D eigenvalue weighted by Crippen LogP contribution is -2.26. The fourth-order valence-electron chi connectivity index (χ4n) is 2.94.